The standard InChI is InChI=1S/C14H26N4/c1-12(2)11-18(8-7-17(3)4)14-6-5-13(9-15)16-10-14/h5-6,10,12H,7-9,11,15H2,1-4H3. The van der Waals surface area contributed by atoms with Crippen molar-refractivity contribution >= 4 is 5.69 Å². The van der Waals surface area contributed by atoms with Gasteiger partial charge in [-0.3, -0.25) is 4.98 Å². The summed E-state index contributed by atoms with van der Waals surface area (Å²) in [6.45, 7) is 8.11. The number of hydrogen-bond donors (Lipinski definition) is 1. The highest BCUT2D eigenvalue weighted by Crippen LogP contribution is 2.14. The van der Waals surface area contributed by atoms with Gasteiger partial charge in [-0.2, -0.15) is 0 Å². The van der Waals surface area contributed by atoms with Crippen molar-refractivity contribution in [3.63, 3.8) is 0 Å². The van der Waals surface area contributed by atoms with Gasteiger partial charge in [0, 0.05) is 26.2 Å². The summed E-state index contributed by atoms with van der Waals surface area (Å²) < 4.78 is 0. The summed E-state index contributed by atoms with van der Waals surface area (Å²) in [7, 11) is 4.20. The molecule has 102 valence electrons. The molecule has 4 nitrogen and oxygen atoms in total. The van der Waals surface area contributed by atoms with Gasteiger partial charge in [0.05, 0.1) is 17.6 Å². The molecule has 0 spiro atoms. The molecule has 0 radical (unpaired) electrons. The molecule has 0 aliphatic heterocycles. The molecule has 0 bridgehead atoms. The fraction of sp³-hybridized carbons (Fsp3) is 0.643. The quantitative estimate of drug-likeness (QED) is 0.798. The average Bonchev–Trinajstić information content (AvgIpc) is 2.34. The molecule has 0 fully saturated rings. The van der Waals surface area contributed by atoms with E-state index in [2.05, 4.69) is 48.8 Å². The van der Waals surface area contributed by atoms with Crippen molar-refractivity contribution in [2.75, 3.05) is 38.6 Å². The Kier molecular flexibility index (Phi) is 6.09. The summed E-state index contributed by atoms with van der Waals surface area (Å²) in [4.78, 5) is 8.96. The Labute approximate surface area is 111 Å². The van der Waals surface area contributed by atoms with Crippen LogP contribution in [0.5, 0.6) is 0 Å². The fourth-order valence-corrected chi connectivity index (χ4v) is 1.81. The molecule has 1 aromatic heterocycles. The lowest BCUT2D eigenvalue weighted by Crippen LogP contribution is -2.34. The van der Waals surface area contributed by atoms with Crippen molar-refractivity contribution in [3.05, 3.63) is 24.0 Å². The smallest absolute Gasteiger partial charge is 0.0553 e. The Morgan fingerprint density at radius 1 is 1.22 bits per heavy atom. The van der Waals surface area contributed by atoms with Gasteiger partial charge in [0.25, 0.3) is 0 Å². The number of aromatic nitrogens is 1. The van der Waals surface area contributed by atoms with Gasteiger partial charge >= 0.3 is 0 Å². The van der Waals surface area contributed by atoms with E-state index in [1.54, 1.807) is 0 Å². The average molecular weight is 250 g/mol. The van der Waals surface area contributed by atoms with Crippen molar-refractivity contribution in [3.8, 4) is 0 Å². The lowest BCUT2D eigenvalue weighted by Gasteiger charge is -2.28. The topological polar surface area (TPSA) is 45.4 Å². The van der Waals surface area contributed by atoms with E-state index >= 15 is 0 Å². The first-order valence-electron chi connectivity index (χ1n) is 6.57. The number of rotatable bonds is 7. The molecule has 4 heteroatoms. The normalized spacial score (nSPS) is 11.3. The third-order valence-electron chi connectivity index (χ3n) is 2.79. The van der Waals surface area contributed by atoms with Gasteiger partial charge in [0.15, 0.2) is 0 Å². The summed E-state index contributed by atoms with van der Waals surface area (Å²) in [6, 6.07) is 4.13. The van der Waals surface area contributed by atoms with Crippen LogP contribution in [-0.2, 0) is 6.54 Å². The minimum absolute atomic E-state index is 0.502. The Morgan fingerprint density at radius 3 is 2.39 bits per heavy atom. The maximum absolute atomic E-state index is 5.57. The van der Waals surface area contributed by atoms with Crippen LogP contribution < -0.4 is 10.6 Å². The number of hydrogen-bond acceptors (Lipinski definition) is 4. The molecule has 1 rings (SSSR count). The van der Waals surface area contributed by atoms with Gasteiger partial charge in [-0.15, -0.1) is 0 Å². The van der Waals surface area contributed by atoms with Crippen molar-refractivity contribution < 1.29 is 0 Å². The fourth-order valence-electron chi connectivity index (χ4n) is 1.81. The van der Waals surface area contributed by atoms with E-state index in [0.29, 0.717) is 12.5 Å². The zero-order valence-corrected chi connectivity index (χ0v) is 12.1. The van der Waals surface area contributed by atoms with Crippen LogP contribution in [-0.4, -0.2) is 43.6 Å². The molecular formula is C14H26N4. The van der Waals surface area contributed by atoms with Crippen LogP contribution in [0.4, 0.5) is 5.69 Å². The van der Waals surface area contributed by atoms with E-state index in [1.165, 1.54) is 5.69 Å². The van der Waals surface area contributed by atoms with Crippen LogP contribution in [0.3, 0.4) is 0 Å². The van der Waals surface area contributed by atoms with Gasteiger partial charge in [-0.05, 0) is 32.1 Å². The maximum Gasteiger partial charge on any atom is 0.0553 e. The molecular weight excluding hydrogens is 224 g/mol. The van der Waals surface area contributed by atoms with Crippen LogP contribution in [0.15, 0.2) is 18.3 Å². The number of likely N-dealkylation sites (N-methyl/N-ethyl adjacent to an activating group) is 1. The number of nitrogens with two attached hydrogens (primary N) is 1. The second kappa shape index (κ2) is 7.34. The Morgan fingerprint density at radius 2 is 1.94 bits per heavy atom. The Hall–Kier alpha value is -1.13. The minimum Gasteiger partial charge on any atom is -0.369 e. The molecule has 0 amide bonds. The molecule has 0 atom stereocenters. The van der Waals surface area contributed by atoms with Crippen molar-refractivity contribution in [2.24, 2.45) is 11.7 Å². The van der Waals surface area contributed by atoms with Gasteiger partial charge in [0.2, 0.25) is 0 Å². The number of nitrogens with zero attached hydrogens (tertiary/aromatic N) is 3. The van der Waals surface area contributed by atoms with Crippen LogP contribution in [0.2, 0.25) is 0 Å². The number of anilines is 1. The molecule has 0 saturated heterocycles. The molecule has 18 heavy (non-hydrogen) atoms. The molecule has 0 aliphatic carbocycles. The third kappa shape index (κ3) is 5.02. The summed E-state index contributed by atoms with van der Waals surface area (Å²) in [5.41, 5.74) is 7.70. The minimum atomic E-state index is 0.502. The van der Waals surface area contributed by atoms with Crippen molar-refractivity contribution in [2.45, 2.75) is 20.4 Å². The van der Waals surface area contributed by atoms with Crippen LogP contribution in [0.25, 0.3) is 0 Å². The maximum atomic E-state index is 5.57. The Bertz CT molecular complexity index is 332. The lowest BCUT2D eigenvalue weighted by molar-refractivity contribution is 0.409. The molecule has 1 aromatic rings. The summed E-state index contributed by atoms with van der Waals surface area (Å²) in [5.74, 6) is 0.640. The van der Waals surface area contributed by atoms with Gasteiger partial charge < -0.3 is 15.5 Å². The van der Waals surface area contributed by atoms with Gasteiger partial charge in [0.1, 0.15) is 0 Å². The first kappa shape index (κ1) is 14.9. The van der Waals surface area contributed by atoms with Crippen LogP contribution in [0.1, 0.15) is 19.5 Å². The zero-order valence-electron chi connectivity index (χ0n) is 12.1. The van der Waals surface area contributed by atoms with E-state index in [9.17, 15) is 0 Å². The van der Waals surface area contributed by atoms with E-state index in [0.717, 1.165) is 25.3 Å². The second-order valence-corrected chi connectivity index (χ2v) is 5.35. The first-order valence-corrected chi connectivity index (χ1v) is 6.57. The van der Waals surface area contributed by atoms with E-state index in [4.69, 9.17) is 5.73 Å². The van der Waals surface area contributed by atoms with Crippen molar-refractivity contribution in [1.29, 1.82) is 0 Å². The van der Waals surface area contributed by atoms with Crippen molar-refractivity contribution in [1.82, 2.24) is 9.88 Å². The summed E-state index contributed by atoms with van der Waals surface area (Å²) >= 11 is 0. The summed E-state index contributed by atoms with van der Waals surface area (Å²) in [6.07, 6.45) is 1.93. The highest BCUT2D eigenvalue weighted by Gasteiger charge is 2.09. The van der Waals surface area contributed by atoms with Crippen LogP contribution >= 0.6 is 0 Å². The molecule has 0 aliphatic rings. The second-order valence-electron chi connectivity index (χ2n) is 5.35. The van der Waals surface area contributed by atoms with E-state index in [1.807, 2.05) is 12.3 Å². The number of pyridine rings is 1. The predicted octanol–water partition coefficient (Wildman–Crippen LogP) is 1.56. The molecule has 2 N–H and O–H groups in total. The largest absolute Gasteiger partial charge is 0.369 e. The summed E-state index contributed by atoms with van der Waals surface area (Å²) in [5, 5.41) is 0. The molecule has 0 unspecified atom stereocenters. The Balaban J connectivity index is 2.73. The zero-order chi connectivity index (χ0) is 13.5. The predicted molar refractivity (Wildman–Crippen MR) is 77.7 cm³/mol. The SMILES string of the molecule is CC(C)CN(CCN(C)C)c1ccc(CN)nc1. The molecule has 0 aromatic carbocycles. The highest BCUT2D eigenvalue weighted by atomic mass is 15.2. The van der Waals surface area contributed by atoms with Gasteiger partial charge in [-0.25, -0.2) is 0 Å². The highest BCUT2D eigenvalue weighted by molar-refractivity contribution is 5.44. The first-order chi connectivity index (χ1) is 8.52. The van der Waals surface area contributed by atoms with E-state index in [-0.39, 0.29) is 0 Å². The van der Waals surface area contributed by atoms with Gasteiger partial charge in [-0.1, -0.05) is 13.8 Å². The van der Waals surface area contributed by atoms with E-state index < -0.39 is 0 Å². The monoisotopic (exact) mass is 250 g/mol. The lowest BCUT2D eigenvalue weighted by atomic mass is 10.2. The third-order valence-corrected chi connectivity index (χ3v) is 2.79. The molecule has 1 heterocycles. The molecule has 0 saturated carbocycles. The van der Waals surface area contributed by atoms with Crippen LogP contribution in [0, 0.1) is 5.92 Å².